The molecule has 1 aromatic carbocycles. The summed E-state index contributed by atoms with van der Waals surface area (Å²) in [6.07, 6.45) is -0.631. The molecule has 1 aromatic rings. The molecule has 6 nitrogen and oxygen atoms in total. The molecule has 1 rings (SSSR count). The molecule has 8 heteroatoms. The van der Waals surface area contributed by atoms with Gasteiger partial charge in [-0.3, -0.25) is 4.79 Å². The molecular weight excluding hydrogens is 377 g/mol. The number of alkyl halides is 2. The maximum Gasteiger partial charge on any atom is 0.408 e. The topological polar surface area (TPSA) is 70.7 Å². The van der Waals surface area contributed by atoms with Crippen LogP contribution < -0.4 is 15.5 Å². The molecule has 2 N–H and O–H groups in total. The summed E-state index contributed by atoms with van der Waals surface area (Å²) in [6, 6.07) is 6.64. The van der Waals surface area contributed by atoms with Crippen LogP contribution in [-0.4, -0.2) is 48.5 Å². The van der Waals surface area contributed by atoms with E-state index in [-0.39, 0.29) is 5.91 Å². The number of nitrogens with one attached hydrogen (secondary N) is 2. The van der Waals surface area contributed by atoms with Crippen LogP contribution in [0.4, 0.5) is 16.2 Å². The Morgan fingerprint density at radius 3 is 2.12 bits per heavy atom. The Morgan fingerprint density at radius 1 is 1.12 bits per heavy atom. The minimum absolute atomic E-state index is 0.331. The van der Waals surface area contributed by atoms with Gasteiger partial charge in [-0.05, 0) is 52.0 Å². The van der Waals surface area contributed by atoms with Crippen molar-refractivity contribution < 1.29 is 14.3 Å². The highest BCUT2D eigenvalue weighted by atomic mass is 35.5. The first-order chi connectivity index (χ1) is 12.2. The van der Waals surface area contributed by atoms with Gasteiger partial charge in [-0.15, -0.1) is 23.2 Å². The number of halogens is 2. The molecule has 0 aliphatic rings. The highest BCUT2D eigenvalue weighted by molar-refractivity contribution is 6.18. The quantitative estimate of drug-likeness (QED) is 0.647. The summed E-state index contributed by atoms with van der Waals surface area (Å²) in [5.41, 5.74) is 0.992. The fourth-order valence-electron chi connectivity index (χ4n) is 2.13. The fourth-order valence-corrected chi connectivity index (χ4v) is 2.54. The number of carbonyl (C=O) groups excluding carboxylic acids is 2. The van der Waals surface area contributed by atoms with Crippen molar-refractivity contribution in [3.8, 4) is 0 Å². The second-order valence-electron chi connectivity index (χ2n) is 6.77. The van der Waals surface area contributed by atoms with Gasteiger partial charge in [0.05, 0.1) is 0 Å². The first kappa shape index (κ1) is 22.4. The molecule has 0 heterocycles. The van der Waals surface area contributed by atoms with Gasteiger partial charge < -0.3 is 20.3 Å². The van der Waals surface area contributed by atoms with Crippen molar-refractivity contribution in [3.63, 3.8) is 0 Å². The third-order valence-corrected chi connectivity index (χ3v) is 3.67. The van der Waals surface area contributed by atoms with E-state index in [1.807, 2.05) is 12.1 Å². The normalized spacial score (nSPS) is 12.2. The molecule has 0 spiro atoms. The molecule has 146 valence electrons. The lowest BCUT2D eigenvalue weighted by Gasteiger charge is -2.23. The molecule has 1 atom stereocenters. The Bertz CT molecular complexity index is 582. The Labute approximate surface area is 165 Å². The zero-order chi connectivity index (χ0) is 19.7. The van der Waals surface area contributed by atoms with Crippen LogP contribution in [-0.2, 0) is 9.53 Å². The number of ether oxygens (including phenoxy) is 1. The van der Waals surface area contributed by atoms with Crippen molar-refractivity contribution in [2.24, 2.45) is 0 Å². The number of hydrogen-bond acceptors (Lipinski definition) is 4. The first-order valence-electron chi connectivity index (χ1n) is 8.43. The minimum atomic E-state index is -0.728. The molecule has 2 amide bonds. The van der Waals surface area contributed by atoms with Gasteiger partial charge in [0.25, 0.3) is 0 Å². The van der Waals surface area contributed by atoms with Gasteiger partial charge in [0.1, 0.15) is 11.6 Å². The lowest BCUT2D eigenvalue weighted by atomic mass is 10.2. The SMILES string of the molecule is CC(NC(=O)OC(C)(C)C)C(=O)Nc1ccc(N(CCCl)CCCl)cc1. The van der Waals surface area contributed by atoms with E-state index >= 15 is 0 Å². The van der Waals surface area contributed by atoms with Crippen molar-refractivity contribution >= 4 is 46.6 Å². The molecule has 0 fully saturated rings. The van der Waals surface area contributed by atoms with Crippen molar-refractivity contribution in [2.75, 3.05) is 35.1 Å². The molecule has 0 saturated carbocycles. The van der Waals surface area contributed by atoms with Gasteiger partial charge in [0.2, 0.25) is 5.91 Å². The molecule has 26 heavy (non-hydrogen) atoms. The lowest BCUT2D eigenvalue weighted by Crippen LogP contribution is -2.43. The van der Waals surface area contributed by atoms with Crippen LogP contribution in [0.3, 0.4) is 0 Å². The smallest absolute Gasteiger partial charge is 0.408 e. The van der Waals surface area contributed by atoms with E-state index in [1.54, 1.807) is 39.8 Å². The maximum absolute atomic E-state index is 12.2. The number of anilines is 2. The Kier molecular flexibility index (Phi) is 9.02. The Balaban J connectivity index is 2.62. The maximum atomic E-state index is 12.2. The van der Waals surface area contributed by atoms with Gasteiger partial charge >= 0.3 is 6.09 Å². The van der Waals surface area contributed by atoms with E-state index in [4.69, 9.17) is 27.9 Å². The third-order valence-electron chi connectivity index (χ3n) is 3.34. The van der Waals surface area contributed by atoms with Crippen LogP contribution in [0.1, 0.15) is 27.7 Å². The molecule has 0 aliphatic carbocycles. The number of benzene rings is 1. The van der Waals surface area contributed by atoms with Crippen LogP contribution in [0.15, 0.2) is 24.3 Å². The number of rotatable bonds is 8. The predicted molar refractivity (Wildman–Crippen MR) is 108 cm³/mol. The fraction of sp³-hybridized carbons (Fsp3) is 0.556. The van der Waals surface area contributed by atoms with Gasteiger partial charge in [0, 0.05) is 36.2 Å². The second-order valence-corrected chi connectivity index (χ2v) is 7.52. The predicted octanol–water partition coefficient (Wildman–Crippen LogP) is 3.82. The minimum Gasteiger partial charge on any atom is -0.444 e. The van der Waals surface area contributed by atoms with Crippen LogP contribution in [0.5, 0.6) is 0 Å². The highest BCUT2D eigenvalue weighted by Gasteiger charge is 2.21. The van der Waals surface area contributed by atoms with Crippen molar-refractivity contribution in [1.29, 1.82) is 0 Å². The van der Waals surface area contributed by atoms with E-state index < -0.39 is 17.7 Å². The van der Waals surface area contributed by atoms with E-state index in [0.29, 0.717) is 30.5 Å². The Hall–Kier alpha value is -1.66. The molecule has 1 unspecified atom stereocenters. The van der Waals surface area contributed by atoms with Gasteiger partial charge in [-0.1, -0.05) is 0 Å². The molecular formula is C18H27Cl2N3O3. The van der Waals surface area contributed by atoms with E-state index in [2.05, 4.69) is 15.5 Å². The summed E-state index contributed by atoms with van der Waals surface area (Å²) in [4.78, 5) is 26.0. The standard InChI is InChI=1S/C18H27Cl2N3O3/c1-13(21-17(25)26-18(2,3)4)16(24)22-14-5-7-15(8-6-14)23(11-9-19)12-10-20/h5-8,13H,9-12H2,1-4H3,(H,21,25)(H,22,24). The summed E-state index contributed by atoms with van der Waals surface area (Å²) < 4.78 is 5.14. The van der Waals surface area contributed by atoms with Crippen LogP contribution in [0.25, 0.3) is 0 Å². The molecule has 0 bridgehead atoms. The molecule has 0 aliphatic heterocycles. The van der Waals surface area contributed by atoms with Crippen LogP contribution in [0.2, 0.25) is 0 Å². The largest absolute Gasteiger partial charge is 0.444 e. The van der Waals surface area contributed by atoms with E-state index in [1.165, 1.54) is 0 Å². The third kappa shape index (κ3) is 8.15. The van der Waals surface area contributed by atoms with E-state index in [0.717, 1.165) is 5.69 Å². The first-order valence-corrected chi connectivity index (χ1v) is 9.50. The molecule has 0 saturated heterocycles. The van der Waals surface area contributed by atoms with Gasteiger partial charge in [-0.25, -0.2) is 4.79 Å². The number of nitrogens with zero attached hydrogens (tertiary/aromatic N) is 1. The summed E-state index contributed by atoms with van der Waals surface area (Å²) in [5, 5.41) is 5.27. The van der Waals surface area contributed by atoms with Crippen LogP contribution in [0, 0.1) is 0 Å². The highest BCUT2D eigenvalue weighted by Crippen LogP contribution is 2.18. The lowest BCUT2D eigenvalue weighted by molar-refractivity contribution is -0.117. The molecule has 0 aromatic heterocycles. The number of carbonyl (C=O) groups is 2. The van der Waals surface area contributed by atoms with Crippen LogP contribution >= 0.6 is 23.2 Å². The number of amides is 2. The van der Waals surface area contributed by atoms with Crippen molar-refractivity contribution in [1.82, 2.24) is 5.32 Å². The molecule has 0 radical (unpaired) electrons. The average Bonchev–Trinajstić information content (AvgIpc) is 2.53. The van der Waals surface area contributed by atoms with Gasteiger partial charge in [0.15, 0.2) is 0 Å². The zero-order valence-electron chi connectivity index (χ0n) is 15.6. The summed E-state index contributed by atoms with van der Waals surface area (Å²) in [7, 11) is 0. The van der Waals surface area contributed by atoms with Gasteiger partial charge in [-0.2, -0.15) is 0 Å². The number of alkyl carbamates (subject to hydrolysis) is 1. The second kappa shape index (κ2) is 10.5. The number of hydrogen-bond donors (Lipinski definition) is 2. The van der Waals surface area contributed by atoms with Crippen molar-refractivity contribution in [3.05, 3.63) is 24.3 Å². The monoisotopic (exact) mass is 403 g/mol. The zero-order valence-corrected chi connectivity index (χ0v) is 17.2. The summed E-state index contributed by atoms with van der Waals surface area (Å²) in [6.45, 7) is 8.26. The average molecular weight is 404 g/mol. The summed E-state index contributed by atoms with van der Waals surface area (Å²) in [5.74, 6) is 0.675. The summed E-state index contributed by atoms with van der Waals surface area (Å²) >= 11 is 11.6. The Morgan fingerprint density at radius 2 is 1.65 bits per heavy atom. The van der Waals surface area contributed by atoms with Crippen molar-refractivity contribution in [2.45, 2.75) is 39.3 Å². The van der Waals surface area contributed by atoms with E-state index in [9.17, 15) is 9.59 Å².